The molecule has 0 aliphatic carbocycles. The van der Waals surface area contributed by atoms with Crippen molar-refractivity contribution in [2.75, 3.05) is 0 Å². The minimum atomic E-state index is -1.82. The molecule has 0 atom stereocenters. The maximum atomic E-state index is 6.14. The molecule has 0 aromatic rings. The first-order valence-electron chi connectivity index (χ1n) is 3.86. The van der Waals surface area contributed by atoms with Gasteiger partial charge in [-0.1, -0.05) is 27.2 Å². The number of hydrogen-bond acceptors (Lipinski definition) is 0. The highest BCUT2D eigenvalue weighted by Gasteiger charge is 2.27. The lowest BCUT2D eigenvalue weighted by Crippen LogP contribution is -2.20. The standard InChI is InChI=1S/C7H16Cl2Si/c1-4-5-10(8,9)6-7(2)3/h7H,4-6H2,1-3H3. The van der Waals surface area contributed by atoms with E-state index < -0.39 is 6.69 Å². The molecular formula is C7H16Cl2Si. The van der Waals surface area contributed by atoms with Crippen molar-refractivity contribution >= 4 is 28.9 Å². The summed E-state index contributed by atoms with van der Waals surface area (Å²) < 4.78 is 0. The Morgan fingerprint density at radius 1 is 1.30 bits per heavy atom. The molecule has 0 aliphatic heterocycles. The van der Waals surface area contributed by atoms with Crippen LogP contribution in [0.25, 0.3) is 0 Å². The van der Waals surface area contributed by atoms with Gasteiger partial charge in [-0.25, -0.2) is 0 Å². The predicted molar refractivity (Wildman–Crippen MR) is 52.2 cm³/mol. The molecule has 0 aromatic carbocycles. The van der Waals surface area contributed by atoms with E-state index in [0.29, 0.717) is 5.92 Å². The van der Waals surface area contributed by atoms with Gasteiger partial charge in [0.1, 0.15) is 0 Å². The van der Waals surface area contributed by atoms with Gasteiger partial charge in [-0.15, -0.1) is 22.2 Å². The van der Waals surface area contributed by atoms with Crippen LogP contribution in [0.2, 0.25) is 12.1 Å². The lowest BCUT2D eigenvalue weighted by molar-refractivity contribution is 0.724. The van der Waals surface area contributed by atoms with Gasteiger partial charge in [-0.05, 0) is 18.0 Å². The summed E-state index contributed by atoms with van der Waals surface area (Å²) in [5, 5.41) is 0. The number of hydrogen-bond donors (Lipinski definition) is 0. The molecule has 0 aliphatic rings. The molecule has 3 heteroatoms. The molecule has 0 saturated heterocycles. The van der Waals surface area contributed by atoms with E-state index in [0.717, 1.165) is 18.5 Å². The van der Waals surface area contributed by atoms with E-state index in [9.17, 15) is 0 Å². The fourth-order valence-corrected chi connectivity index (χ4v) is 6.18. The topological polar surface area (TPSA) is 0 Å². The molecule has 0 bridgehead atoms. The lowest BCUT2D eigenvalue weighted by Gasteiger charge is -2.17. The number of halogens is 2. The van der Waals surface area contributed by atoms with Crippen molar-refractivity contribution in [2.24, 2.45) is 5.92 Å². The maximum absolute atomic E-state index is 6.14. The van der Waals surface area contributed by atoms with E-state index in [2.05, 4.69) is 20.8 Å². The summed E-state index contributed by atoms with van der Waals surface area (Å²) in [6.45, 7) is 4.65. The van der Waals surface area contributed by atoms with Crippen LogP contribution >= 0.6 is 22.2 Å². The predicted octanol–water partition coefficient (Wildman–Crippen LogP) is 3.97. The zero-order chi connectivity index (χ0) is 8.20. The molecule has 0 radical (unpaired) electrons. The van der Waals surface area contributed by atoms with Crippen LogP contribution in [-0.2, 0) is 0 Å². The summed E-state index contributed by atoms with van der Waals surface area (Å²) in [6.07, 6.45) is 1.12. The second-order valence-corrected chi connectivity index (χ2v) is 10.7. The van der Waals surface area contributed by atoms with E-state index >= 15 is 0 Å². The van der Waals surface area contributed by atoms with Gasteiger partial charge in [-0.2, -0.15) is 0 Å². The summed E-state index contributed by atoms with van der Waals surface area (Å²) in [5.74, 6) is 0.646. The zero-order valence-corrected chi connectivity index (χ0v) is 9.47. The van der Waals surface area contributed by atoms with Gasteiger partial charge >= 0.3 is 0 Å². The molecule has 0 saturated carbocycles. The molecule has 0 heterocycles. The average molecular weight is 199 g/mol. The third-order valence-corrected chi connectivity index (χ3v) is 6.03. The zero-order valence-electron chi connectivity index (χ0n) is 6.95. The summed E-state index contributed by atoms with van der Waals surface area (Å²) in [5.41, 5.74) is 0. The Balaban J connectivity index is 3.63. The highest BCUT2D eigenvalue weighted by Crippen LogP contribution is 2.30. The molecule has 0 fully saturated rings. The molecule has 62 valence electrons. The second-order valence-electron chi connectivity index (χ2n) is 3.20. The molecule has 10 heavy (non-hydrogen) atoms. The third-order valence-electron chi connectivity index (χ3n) is 1.32. The molecule has 0 nitrogen and oxygen atoms in total. The molecule has 0 rings (SSSR count). The molecule has 0 N–H and O–H groups in total. The third kappa shape index (κ3) is 5.57. The van der Waals surface area contributed by atoms with Gasteiger partial charge in [0.25, 0.3) is 6.69 Å². The molecular weight excluding hydrogens is 183 g/mol. The van der Waals surface area contributed by atoms with E-state index in [-0.39, 0.29) is 0 Å². The summed E-state index contributed by atoms with van der Waals surface area (Å²) >= 11 is 12.3. The highest BCUT2D eigenvalue weighted by atomic mass is 35.7. The van der Waals surface area contributed by atoms with Crippen LogP contribution in [0.3, 0.4) is 0 Å². The van der Waals surface area contributed by atoms with E-state index in [1.165, 1.54) is 0 Å². The lowest BCUT2D eigenvalue weighted by atomic mass is 10.3. The highest BCUT2D eigenvalue weighted by molar-refractivity contribution is 7.45. The Hall–Kier alpha value is 0.797. The second kappa shape index (κ2) is 4.63. The summed E-state index contributed by atoms with van der Waals surface area (Å²) in [7, 11) is 0. The van der Waals surface area contributed by atoms with Crippen LogP contribution in [-0.4, -0.2) is 6.69 Å². The Kier molecular flexibility index (Phi) is 5.00. The summed E-state index contributed by atoms with van der Waals surface area (Å²) in [4.78, 5) is 0. The van der Waals surface area contributed by atoms with Gasteiger partial charge in [0.15, 0.2) is 0 Å². The van der Waals surface area contributed by atoms with Crippen molar-refractivity contribution in [3.05, 3.63) is 0 Å². The first-order chi connectivity index (χ1) is 4.48. The van der Waals surface area contributed by atoms with E-state index in [1.54, 1.807) is 0 Å². The SMILES string of the molecule is CCC[Si](Cl)(Cl)CC(C)C. The smallest absolute Gasteiger partial charge is 0.146 e. The molecule has 0 aromatic heterocycles. The maximum Gasteiger partial charge on any atom is 0.251 e. The van der Waals surface area contributed by atoms with Crippen molar-refractivity contribution in [1.82, 2.24) is 0 Å². The Morgan fingerprint density at radius 2 is 1.80 bits per heavy atom. The van der Waals surface area contributed by atoms with Crippen LogP contribution in [0.5, 0.6) is 0 Å². The van der Waals surface area contributed by atoms with Gasteiger partial charge in [0, 0.05) is 0 Å². The number of rotatable bonds is 4. The largest absolute Gasteiger partial charge is 0.251 e. The Morgan fingerprint density at radius 3 is 2.10 bits per heavy atom. The molecule has 0 spiro atoms. The van der Waals surface area contributed by atoms with Crippen molar-refractivity contribution in [1.29, 1.82) is 0 Å². The van der Waals surface area contributed by atoms with Crippen LogP contribution in [0, 0.1) is 5.92 Å². The fraction of sp³-hybridized carbons (Fsp3) is 1.00. The first kappa shape index (κ1) is 10.8. The van der Waals surface area contributed by atoms with Gasteiger partial charge in [0.2, 0.25) is 0 Å². The van der Waals surface area contributed by atoms with E-state index in [4.69, 9.17) is 22.2 Å². The van der Waals surface area contributed by atoms with Crippen LogP contribution in [0.1, 0.15) is 27.2 Å². The van der Waals surface area contributed by atoms with Crippen molar-refractivity contribution in [3.63, 3.8) is 0 Å². The van der Waals surface area contributed by atoms with Crippen molar-refractivity contribution in [3.8, 4) is 0 Å². The quantitative estimate of drug-likeness (QED) is 0.474. The van der Waals surface area contributed by atoms with Gasteiger partial charge in [0.05, 0.1) is 0 Å². The van der Waals surface area contributed by atoms with Crippen LogP contribution in [0.15, 0.2) is 0 Å². The molecule has 0 unspecified atom stereocenters. The molecule has 0 amide bonds. The van der Waals surface area contributed by atoms with Gasteiger partial charge < -0.3 is 0 Å². The Labute approximate surface area is 74.3 Å². The minimum absolute atomic E-state index is 0.646. The van der Waals surface area contributed by atoms with Gasteiger partial charge in [-0.3, -0.25) is 0 Å². The normalized spacial score (nSPS) is 12.6. The van der Waals surface area contributed by atoms with Crippen LogP contribution < -0.4 is 0 Å². The minimum Gasteiger partial charge on any atom is -0.146 e. The fourth-order valence-electron chi connectivity index (χ4n) is 1.07. The Bertz CT molecular complexity index is 91.6. The average Bonchev–Trinajstić information content (AvgIpc) is 1.59. The van der Waals surface area contributed by atoms with Crippen molar-refractivity contribution < 1.29 is 0 Å². The van der Waals surface area contributed by atoms with E-state index in [1.807, 2.05) is 0 Å². The van der Waals surface area contributed by atoms with Crippen molar-refractivity contribution in [2.45, 2.75) is 39.3 Å². The van der Waals surface area contributed by atoms with Crippen LogP contribution in [0.4, 0.5) is 0 Å². The monoisotopic (exact) mass is 198 g/mol. The first-order valence-corrected chi connectivity index (χ1v) is 8.29. The summed E-state index contributed by atoms with van der Waals surface area (Å²) in [6, 6.07) is 2.07.